The number of ether oxygens (including phenoxy) is 1. The van der Waals surface area contributed by atoms with Crippen LogP contribution in [-0.4, -0.2) is 37.2 Å². The SMILES string of the molecule is Cc1ccc(NC(=O)CNS(=O)(=O)c2nc(-c3ccc(OC(F)(F)F)cc3)cc(C(F)(F)F)n2)cc1. The van der Waals surface area contributed by atoms with Gasteiger partial charge in [0.25, 0.3) is 15.2 Å². The molecular formula is C21H16F6N4O4S. The molecule has 0 saturated carbocycles. The van der Waals surface area contributed by atoms with Crippen LogP contribution in [0, 0.1) is 6.92 Å². The van der Waals surface area contributed by atoms with Gasteiger partial charge in [-0.15, -0.1) is 13.2 Å². The van der Waals surface area contributed by atoms with Crippen molar-refractivity contribution in [3.63, 3.8) is 0 Å². The molecule has 0 spiro atoms. The highest BCUT2D eigenvalue weighted by Gasteiger charge is 2.36. The van der Waals surface area contributed by atoms with E-state index in [1.807, 2.05) is 11.6 Å². The summed E-state index contributed by atoms with van der Waals surface area (Å²) in [6.45, 7) is 0.975. The number of halogens is 6. The number of carbonyl (C=O) groups is 1. The van der Waals surface area contributed by atoms with Crippen LogP contribution in [0.1, 0.15) is 11.3 Å². The van der Waals surface area contributed by atoms with Gasteiger partial charge in [0.15, 0.2) is 0 Å². The summed E-state index contributed by atoms with van der Waals surface area (Å²) >= 11 is 0. The molecule has 0 fully saturated rings. The fraction of sp³-hybridized carbons (Fsp3) is 0.190. The van der Waals surface area contributed by atoms with Crippen LogP contribution in [0.4, 0.5) is 32.0 Å². The molecule has 15 heteroatoms. The summed E-state index contributed by atoms with van der Waals surface area (Å²) in [5.74, 6) is -1.46. The van der Waals surface area contributed by atoms with Gasteiger partial charge in [0.05, 0.1) is 12.2 Å². The first-order chi connectivity index (χ1) is 16.6. The van der Waals surface area contributed by atoms with E-state index in [4.69, 9.17) is 0 Å². The zero-order valence-electron chi connectivity index (χ0n) is 18.1. The topological polar surface area (TPSA) is 110 Å². The third-order valence-electron chi connectivity index (χ3n) is 4.38. The molecule has 1 heterocycles. The Balaban J connectivity index is 1.85. The van der Waals surface area contributed by atoms with E-state index < -0.39 is 57.3 Å². The number of sulfonamides is 1. The van der Waals surface area contributed by atoms with E-state index in [9.17, 15) is 39.6 Å². The van der Waals surface area contributed by atoms with Crippen molar-refractivity contribution in [1.82, 2.24) is 14.7 Å². The summed E-state index contributed by atoms with van der Waals surface area (Å²) in [7, 11) is -4.81. The van der Waals surface area contributed by atoms with Crippen molar-refractivity contribution in [3.05, 3.63) is 65.9 Å². The summed E-state index contributed by atoms with van der Waals surface area (Å²) in [4.78, 5) is 18.7. The van der Waals surface area contributed by atoms with E-state index in [0.29, 0.717) is 11.8 Å². The van der Waals surface area contributed by atoms with E-state index in [0.717, 1.165) is 29.8 Å². The van der Waals surface area contributed by atoms with E-state index in [-0.39, 0.29) is 5.56 Å². The molecule has 0 aliphatic heterocycles. The molecule has 2 N–H and O–H groups in total. The highest BCUT2D eigenvalue weighted by Crippen LogP contribution is 2.32. The zero-order chi connectivity index (χ0) is 26.7. The Bertz CT molecular complexity index is 1340. The van der Waals surface area contributed by atoms with Crippen molar-refractivity contribution in [3.8, 4) is 17.0 Å². The quantitative estimate of drug-likeness (QED) is 0.346. The lowest BCUT2D eigenvalue weighted by atomic mass is 10.1. The first-order valence-electron chi connectivity index (χ1n) is 9.81. The van der Waals surface area contributed by atoms with Crippen molar-refractivity contribution < 1.29 is 44.3 Å². The largest absolute Gasteiger partial charge is 0.573 e. The Morgan fingerprint density at radius 2 is 1.56 bits per heavy atom. The van der Waals surface area contributed by atoms with Gasteiger partial charge in [-0.05, 0) is 49.4 Å². The minimum Gasteiger partial charge on any atom is -0.406 e. The maximum absolute atomic E-state index is 13.4. The van der Waals surface area contributed by atoms with Crippen LogP contribution in [0.25, 0.3) is 11.3 Å². The molecule has 0 aliphatic carbocycles. The number of hydrogen-bond acceptors (Lipinski definition) is 6. The van der Waals surface area contributed by atoms with E-state index in [2.05, 4.69) is 20.0 Å². The van der Waals surface area contributed by atoms with Gasteiger partial charge >= 0.3 is 12.5 Å². The highest BCUT2D eigenvalue weighted by molar-refractivity contribution is 7.89. The number of rotatable bonds is 7. The molecule has 0 unspecified atom stereocenters. The van der Waals surface area contributed by atoms with Gasteiger partial charge in [0, 0.05) is 11.3 Å². The van der Waals surface area contributed by atoms with E-state index in [1.165, 1.54) is 0 Å². The molecule has 0 saturated heterocycles. The maximum Gasteiger partial charge on any atom is 0.573 e. The molecule has 1 amide bonds. The van der Waals surface area contributed by atoms with E-state index >= 15 is 0 Å². The Kier molecular flexibility index (Phi) is 7.54. The van der Waals surface area contributed by atoms with Crippen molar-refractivity contribution in [2.45, 2.75) is 24.6 Å². The molecule has 0 atom stereocenters. The lowest BCUT2D eigenvalue weighted by molar-refractivity contribution is -0.274. The summed E-state index contributed by atoms with van der Waals surface area (Å²) in [6.07, 6.45) is -10.1. The molecular weight excluding hydrogens is 518 g/mol. The number of aromatic nitrogens is 2. The van der Waals surface area contributed by atoms with Gasteiger partial charge in [-0.1, -0.05) is 17.7 Å². The van der Waals surface area contributed by atoms with Gasteiger partial charge < -0.3 is 10.1 Å². The number of aryl methyl sites for hydroxylation is 1. The van der Waals surface area contributed by atoms with Crippen molar-refractivity contribution in [2.24, 2.45) is 0 Å². The number of hydrogen-bond donors (Lipinski definition) is 2. The summed E-state index contributed by atoms with van der Waals surface area (Å²) in [6, 6.07) is 10.5. The molecule has 0 radical (unpaired) electrons. The van der Waals surface area contributed by atoms with Gasteiger partial charge in [-0.2, -0.15) is 17.9 Å². The highest BCUT2D eigenvalue weighted by atomic mass is 32.2. The average molecular weight is 534 g/mol. The van der Waals surface area contributed by atoms with E-state index in [1.54, 1.807) is 24.3 Å². The van der Waals surface area contributed by atoms with Crippen LogP contribution < -0.4 is 14.8 Å². The number of anilines is 1. The molecule has 3 rings (SSSR count). The first kappa shape index (κ1) is 26.9. The molecule has 192 valence electrons. The second kappa shape index (κ2) is 10.1. The predicted octanol–water partition coefficient (Wildman–Crippen LogP) is 4.29. The molecule has 0 bridgehead atoms. The lowest BCUT2D eigenvalue weighted by Gasteiger charge is -2.12. The third-order valence-corrected chi connectivity index (χ3v) is 5.57. The number of amides is 1. The lowest BCUT2D eigenvalue weighted by Crippen LogP contribution is -2.34. The molecule has 1 aromatic heterocycles. The monoisotopic (exact) mass is 534 g/mol. The summed E-state index contributed by atoms with van der Waals surface area (Å²) < 4.78 is 108. The van der Waals surface area contributed by atoms with Crippen LogP contribution in [-0.2, 0) is 21.0 Å². The van der Waals surface area contributed by atoms with Gasteiger partial charge in [0.1, 0.15) is 11.4 Å². The number of alkyl halides is 6. The Morgan fingerprint density at radius 1 is 0.944 bits per heavy atom. The molecule has 3 aromatic rings. The van der Waals surface area contributed by atoms with Crippen LogP contribution in [0.5, 0.6) is 5.75 Å². The normalized spacial score (nSPS) is 12.3. The van der Waals surface area contributed by atoms with Crippen molar-refractivity contribution >= 4 is 21.6 Å². The van der Waals surface area contributed by atoms with Gasteiger partial charge in [-0.25, -0.2) is 18.4 Å². The van der Waals surface area contributed by atoms with Crippen molar-refractivity contribution in [1.29, 1.82) is 0 Å². The molecule has 0 aliphatic rings. The van der Waals surface area contributed by atoms with Crippen LogP contribution in [0.3, 0.4) is 0 Å². The predicted molar refractivity (Wildman–Crippen MR) is 114 cm³/mol. The van der Waals surface area contributed by atoms with Crippen LogP contribution in [0.15, 0.2) is 59.8 Å². The molecule has 8 nitrogen and oxygen atoms in total. The maximum atomic E-state index is 13.4. The Labute approximate surface area is 200 Å². The Morgan fingerprint density at radius 3 is 2.11 bits per heavy atom. The minimum absolute atomic E-state index is 0.147. The number of nitrogens with zero attached hydrogens (tertiary/aromatic N) is 2. The van der Waals surface area contributed by atoms with Gasteiger partial charge in [-0.3, -0.25) is 4.79 Å². The summed E-state index contributed by atoms with van der Waals surface area (Å²) in [5, 5.41) is 1.12. The first-order valence-corrected chi connectivity index (χ1v) is 11.3. The zero-order valence-corrected chi connectivity index (χ0v) is 18.9. The Hall–Kier alpha value is -3.72. The van der Waals surface area contributed by atoms with Gasteiger partial charge in [0.2, 0.25) is 5.91 Å². The molecule has 36 heavy (non-hydrogen) atoms. The average Bonchev–Trinajstić information content (AvgIpc) is 2.78. The minimum atomic E-state index is -5.08. The fourth-order valence-electron chi connectivity index (χ4n) is 2.73. The second-order valence-electron chi connectivity index (χ2n) is 7.23. The van der Waals surface area contributed by atoms with Crippen molar-refractivity contribution in [2.75, 3.05) is 11.9 Å². The standard InChI is InChI=1S/C21H16F6N4O4S/c1-12-2-6-14(7-3-12)29-18(32)11-28-36(33,34)19-30-16(10-17(31-19)20(22,23)24)13-4-8-15(9-5-13)35-21(25,26)27/h2-10,28H,11H2,1H3,(H,29,32). The third kappa shape index (κ3) is 7.39. The fourth-order valence-corrected chi connectivity index (χ4v) is 3.62. The summed E-state index contributed by atoms with van der Waals surface area (Å²) in [5.41, 5.74) is -1.03. The molecule has 2 aromatic carbocycles. The van der Waals surface area contributed by atoms with Crippen LogP contribution in [0.2, 0.25) is 0 Å². The van der Waals surface area contributed by atoms with Crippen LogP contribution >= 0.6 is 0 Å². The second-order valence-corrected chi connectivity index (χ2v) is 8.89. The number of benzene rings is 2. The number of nitrogens with one attached hydrogen (secondary N) is 2. The number of carbonyl (C=O) groups excluding carboxylic acids is 1. The smallest absolute Gasteiger partial charge is 0.406 e.